The van der Waals surface area contributed by atoms with Gasteiger partial charge >= 0.3 is 11.6 Å². The van der Waals surface area contributed by atoms with Gasteiger partial charge in [0.25, 0.3) is 5.91 Å². The minimum Gasteiger partial charge on any atom is -0.459 e. The number of benzene rings is 2. The molecule has 0 unspecified atom stereocenters. The zero-order valence-electron chi connectivity index (χ0n) is 18.5. The van der Waals surface area contributed by atoms with Gasteiger partial charge in [0.2, 0.25) is 0 Å². The van der Waals surface area contributed by atoms with Gasteiger partial charge in [-0.2, -0.15) is 0 Å². The van der Waals surface area contributed by atoms with Crippen molar-refractivity contribution in [3.8, 4) is 0 Å². The number of hydrogen-bond acceptors (Lipinski definition) is 5. The summed E-state index contributed by atoms with van der Waals surface area (Å²) in [7, 11) is 0. The van der Waals surface area contributed by atoms with E-state index in [1.54, 1.807) is 12.1 Å². The van der Waals surface area contributed by atoms with Gasteiger partial charge in [-0.15, -0.1) is 0 Å². The maximum absolute atomic E-state index is 12.3. The average molecular weight is 421 g/mol. The Kier molecular flexibility index (Phi) is 6.29. The van der Waals surface area contributed by atoms with E-state index in [2.05, 4.69) is 26.1 Å². The monoisotopic (exact) mass is 421 g/mol. The molecular formula is C25H27NO5. The van der Waals surface area contributed by atoms with E-state index in [1.807, 2.05) is 38.1 Å². The smallest absolute Gasteiger partial charge is 0.336 e. The van der Waals surface area contributed by atoms with Crippen LogP contribution in [0.4, 0.5) is 0 Å². The second-order valence-electron chi connectivity index (χ2n) is 8.65. The van der Waals surface area contributed by atoms with E-state index in [4.69, 9.17) is 9.15 Å². The molecule has 6 heteroatoms. The fourth-order valence-electron chi connectivity index (χ4n) is 3.23. The fourth-order valence-corrected chi connectivity index (χ4v) is 3.23. The van der Waals surface area contributed by atoms with Crippen LogP contribution in [0.1, 0.15) is 53.4 Å². The maximum Gasteiger partial charge on any atom is 0.336 e. The summed E-state index contributed by atoms with van der Waals surface area (Å²) in [6.07, 6.45) is 0. The number of esters is 1. The summed E-state index contributed by atoms with van der Waals surface area (Å²) in [5, 5.41) is 3.29. The number of amides is 1. The molecule has 1 heterocycles. The quantitative estimate of drug-likeness (QED) is 0.493. The lowest BCUT2D eigenvalue weighted by Crippen LogP contribution is -2.30. The first-order valence-electron chi connectivity index (χ1n) is 10.1. The SMILES string of the molecule is Cc1ccc2c(COC(=O)CNC(=O)c3ccc(C(C)(C)C)cc3)cc(=O)oc2c1C. The fraction of sp³-hybridized carbons (Fsp3) is 0.320. The highest BCUT2D eigenvalue weighted by Crippen LogP contribution is 2.24. The summed E-state index contributed by atoms with van der Waals surface area (Å²) in [5.41, 5.74) is 4.01. The zero-order chi connectivity index (χ0) is 22.8. The van der Waals surface area contributed by atoms with E-state index < -0.39 is 11.6 Å². The number of rotatable bonds is 5. The number of carbonyl (C=O) groups is 2. The lowest BCUT2D eigenvalue weighted by Gasteiger charge is -2.19. The Bertz CT molecular complexity index is 1180. The van der Waals surface area contributed by atoms with E-state index in [1.165, 1.54) is 6.07 Å². The second-order valence-corrected chi connectivity index (χ2v) is 8.65. The molecule has 0 aliphatic rings. The zero-order valence-corrected chi connectivity index (χ0v) is 18.5. The first kappa shape index (κ1) is 22.3. The Morgan fingerprint density at radius 3 is 2.35 bits per heavy atom. The molecule has 0 atom stereocenters. The molecule has 6 nitrogen and oxygen atoms in total. The van der Waals surface area contributed by atoms with E-state index in [9.17, 15) is 14.4 Å². The van der Waals surface area contributed by atoms with Crippen LogP contribution < -0.4 is 10.9 Å². The molecule has 1 amide bonds. The topological polar surface area (TPSA) is 85.6 Å². The summed E-state index contributed by atoms with van der Waals surface area (Å²) >= 11 is 0. The molecule has 0 spiro atoms. The molecule has 0 saturated heterocycles. The Hall–Kier alpha value is -3.41. The van der Waals surface area contributed by atoms with Gasteiger partial charge < -0.3 is 14.5 Å². The van der Waals surface area contributed by atoms with E-state index in [0.29, 0.717) is 16.7 Å². The third kappa shape index (κ3) is 5.20. The van der Waals surface area contributed by atoms with Crippen LogP contribution >= 0.6 is 0 Å². The summed E-state index contributed by atoms with van der Waals surface area (Å²) < 4.78 is 10.6. The normalized spacial score (nSPS) is 11.4. The molecule has 0 fully saturated rings. The maximum atomic E-state index is 12.3. The minimum atomic E-state index is -0.593. The molecule has 3 aromatic rings. The highest BCUT2D eigenvalue weighted by atomic mass is 16.5. The van der Waals surface area contributed by atoms with Gasteiger partial charge in [0.1, 0.15) is 18.7 Å². The molecule has 0 aliphatic heterocycles. The van der Waals surface area contributed by atoms with Gasteiger partial charge in [0, 0.05) is 22.6 Å². The van der Waals surface area contributed by atoms with Crippen LogP contribution in [0.15, 0.2) is 51.7 Å². The van der Waals surface area contributed by atoms with Crippen molar-refractivity contribution < 1.29 is 18.7 Å². The summed E-state index contributed by atoms with van der Waals surface area (Å²) in [6.45, 7) is 9.75. The first-order valence-corrected chi connectivity index (χ1v) is 10.1. The molecular weight excluding hydrogens is 394 g/mol. The summed E-state index contributed by atoms with van der Waals surface area (Å²) in [5.74, 6) is -0.945. The van der Waals surface area contributed by atoms with Gasteiger partial charge in [-0.3, -0.25) is 9.59 Å². The second kappa shape index (κ2) is 8.76. The van der Waals surface area contributed by atoms with Crippen LogP contribution in [0.25, 0.3) is 11.0 Å². The molecule has 0 radical (unpaired) electrons. The molecule has 162 valence electrons. The molecule has 0 aliphatic carbocycles. The lowest BCUT2D eigenvalue weighted by molar-refractivity contribution is -0.143. The standard InChI is InChI=1S/C25H27NO5/c1-15-6-11-20-18(12-21(27)31-23(20)16(15)2)14-30-22(28)13-26-24(29)17-7-9-19(10-8-17)25(3,4)5/h6-12H,13-14H2,1-5H3,(H,26,29). The minimum absolute atomic E-state index is 0.00507. The van der Waals surface area contributed by atoms with Crippen molar-refractivity contribution in [3.63, 3.8) is 0 Å². The van der Waals surface area contributed by atoms with Crippen molar-refractivity contribution in [2.45, 2.75) is 46.6 Å². The Labute approximate surface area is 181 Å². The summed E-state index contributed by atoms with van der Waals surface area (Å²) in [6, 6.07) is 12.4. The molecule has 0 bridgehead atoms. The average Bonchev–Trinajstić information content (AvgIpc) is 2.72. The molecule has 0 saturated carbocycles. The molecule has 1 N–H and O–H groups in total. The largest absolute Gasteiger partial charge is 0.459 e. The Balaban J connectivity index is 1.61. The van der Waals surface area contributed by atoms with Crippen molar-refractivity contribution in [2.75, 3.05) is 6.54 Å². The van der Waals surface area contributed by atoms with Crippen molar-refractivity contribution >= 4 is 22.8 Å². The van der Waals surface area contributed by atoms with Crippen LogP contribution in [0.3, 0.4) is 0 Å². The number of carbonyl (C=O) groups excluding carboxylic acids is 2. The molecule has 1 aromatic heterocycles. The lowest BCUT2D eigenvalue weighted by atomic mass is 9.87. The van der Waals surface area contributed by atoms with Crippen molar-refractivity contribution in [1.29, 1.82) is 0 Å². The third-order valence-corrected chi connectivity index (χ3v) is 5.31. The van der Waals surface area contributed by atoms with Crippen LogP contribution in [-0.2, 0) is 21.6 Å². The van der Waals surface area contributed by atoms with E-state index in [-0.39, 0.29) is 24.5 Å². The van der Waals surface area contributed by atoms with Crippen LogP contribution in [0.2, 0.25) is 0 Å². The van der Waals surface area contributed by atoms with Crippen molar-refractivity contribution in [1.82, 2.24) is 5.32 Å². The van der Waals surface area contributed by atoms with Gasteiger partial charge in [-0.05, 0) is 48.1 Å². The van der Waals surface area contributed by atoms with Gasteiger partial charge in [0.05, 0.1) is 0 Å². The Morgan fingerprint density at radius 2 is 1.71 bits per heavy atom. The van der Waals surface area contributed by atoms with E-state index in [0.717, 1.165) is 22.1 Å². The molecule has 31 heavy (non-hydrogen) atoms. The predicted molar refractivity (Wildman–Crippen MR) is 119 cm³/mol. The highest BCUT2D eigenvalue weighted by Gasteiger charge is 2.15. The molecule has 3 rings (SSSR count). The number of nitrogens with one attached hydrogen (secondary N) is 1. The number of hydrogen-bond donors (Lipinski definition) is 1. The molecule has 2 aromatic carbocycles. The highest BCUT2D eigenvalue weighted by molar-refractivity contribution is 5.96. The van der Waals surface area contributed by atoms with Gasteiger partial charge in [-0.25, -0.2) is 4.79 Å². The van der Waals surface area contributed by atoms with Gasteiger partial charge in [0.15, 0.2) is 0 Å². The third-order valence-electron chi connectivity index (χ3n) is 5.31. The van der Waals surface area contributed by atoms with Crippen molar-refractivity contribution in [2.24, 2.45) is 0 Å². The van der Waals surface area contributed by atoms with Crippen LogP contribution in [0.5, 0.6) is 0 Å². The number of aryl methyl sites for hydroxylation is 2. The van der Waals surface area contributed by atoms with Crippen molar-refractivity contribution in [3.05, 3.63) is 80.7 Å². The summed E-state index contributed by atoms with van der Waals surface area (Å²) in [4.78, 5) is 36.3. The van der Waals surface area contributed by atoms with E-state index >= 15 is 0 Å². The van der Waals surface area contributed by atoms with Gasteiger partial charge in [-0.1, -0.05) is 45.0 Å². The number of fused-ring (bicyclic) bond motifs is 1. The number of ether oxygens (including phenoxy) is 1. The Morgan fingerprint density at radius 1 is 1.03 bits per heavy atom. The van der Waals surface area contributed by atoms with Crippen LogP contribution in [0, 0.1) is 13.8 Å². The first-order chi connectivity index (χ1) is 14.6. The van der Waals surface area contributed by atoms with Crippen LogP contribution in [-0.4, -0.2) is 18.4 Å². The predicted octanol–water partition coefficient (Wildman–Crippen LogP) is 4.18.